The van der Waals surface area contributed by atoms with E-state index in [1.54, 1.807) is 18.2 Å². The van der Waals surface area contributed by atoms with E-state index in [1.807, 2.05) is 0 Å². The van der Waals surface area contributed by atoms with Crippen molar-refractivity contribution in [1.82, 2.24) is 0 Å². The number of aliphatic hydroxyl groups excluding tert-OH is 1. The van der Waals surface area contributed by atoms with Gasteiger partial charge in [-0.2, -0.15) is 4.39 Å². The van der Waals surface area contributed by atoms with Gasteiger partial charge in [0.1, 0.15) is 5.82 Å². The summed E-state index contributed by atoms with van der Waals surface area (Å²) >= 11 is 0. The molecule has 1 aliphatic carbocycles. The highest BCUT2D eigenvalue weighted by molar-refractivity contribution is 5.33. The molecule has 0 heterocycles. The van der Waals surface area contributed by atoms with Crippen molar-refractivity contribution in [3.8, 4) is 5.75 Å². The van der Waals surface area contributed by atoms with Crippen LogP contribution in [0, 0.1) is 23.4 Å². The average molecular weight is 378 g/mol. The van der Waals surface area contributed by atoms with E-state index in [-0.39, 0.29) is 24.1 Å². The van der Waals surface area contributed by atoms with Gasteiger partial charge in [-0.25, -0.2) is 8.78 Å². The monoisotopic (exact) mass is 378 g/mol. The topological polar surface area (TPSA) is 29.5 Å². The van der Waals surface area contributed by atoms with Crippen LogP contribution in [-0.2, 0) is 13.0 Å². The molecule has 0 amide bonds. The van der Waals surface area contributed by atoms with Gasteiger partial charge in [-0.1, -0.05) is 18.2 Å². The van der Waals surface area contributed by atoms with Gasteiger partial charge in [0.05, 0.1) is 13.7 Å². The molecule has 0 unspecified atom stereocenters. The molecule has 1 aliphatic rings. The Hall–Kier alpha value is -2.01. The fourth-order valence-electron chi connectivity index (χ4n) is 4.03. The Morgan fingerprint density at radius 1 is 1.00 bits per heavy atom. The van der Waals surface area contributed by atoms with Crippen molar-refractivity contribution >= 4 is 0 Å². The third-order valence-corrected chi connectivity index (χ3v) is 5.71. The number of benzene rings is 2. The maximum absolute atomic E-state index is 14.3. The van der Waals surface area contributed by atoms with Crippen molar-refractivity contribution in [3.05, 3.63) is 64.5 Å². The van der Waals surface area contributed by atoms with Gasteiger partial charge in [0.25, 0.3) is 0 Å². The van der Waals surface area contributed by atoms with Crippen LogP contribution in [-0.4, -0.2) is 12.2 Å². The second-order valence-corrected chi connectivity index (χ2v) is 7.33. The number of halogens is 3. The summed E-state index contributed by atoms with van der Waals surface area (Å²) in [5, 5.41) is 9.05. The Labute approximate surface area is 158 Å². The SMILES string of the molecule is COc1ccc(C2CCC(CCc3ccc(CO)cc3F)CC2)c(F)c1F. The molecule has 1 fully saturated rings. The van der Waals surface area contributed by atoms with Crippen molar-refractivity contribution in [2.75, 3.05) is 7.11 Å². The van der Waals surface area contributed by atoms with Gasteiger partial charge < -0.3 is 9.84 Å². The third-order valence-electron chi connectivity index (χ3n) is 5.71. The minimum atomic E-state index is -0.918. The summed E-state index contributed by atoms with van der Waals surface area (Å²) in [6, 6.07) is 7.98. The number of aliphatic hydroxyl groups is 1. The largest absolute Gasteiger partial charge is 0.494 e. The van der Waals surface area contributed by atoms with Crippen LogP contribution in [0.15, 0.2) is 30.3 Å². The lowest BCUT2D eigenvalue weighted by atomic mass is 9.76. The van der Waals surface area contributed by atoms with Gasteiger partial charge in [-0.3, -0.25) is 0 Å². The molecular formula is C22H25F3O2. The van der Waals surface area contributed by atoms with Crippen LogP contribution < -0.4 is 4.74 Å². The zero-order valence-corrected chi connectivity index (χ0v) is 15.5. The van der Waals surface area contributed by atoms with E-state index in [0.29, 0.717) is 29.0 Å². The Balaban J connectivity index is 1.56. The minimum absolute atomic E-state index is 0.0160. The molecule has 2 nitrogen and oxygen atoms in total. The maximum Gasteiger partial charge on any atom is 0.200 e. The molecule has 3 rings (SSSR count). The highest BCUT2D eigenvalue weighted by Gasteiger charge is 2.26. The smallest absolute Gasteiger partial charge is 0.200 e. The minimum Gasteiger partial charge on any atom is -0.494 e. The van der Waals surface area contributed by atoms with Crippen molar-refractivity contribution < 1.29 is 23.0 Å². The van der Waals surface area contributed by atoms with E-state index >= 15 is 0 Å². The molecule has 1 saturated carbocycles. The predicted molar refractivity (Wildman–Crippen MR) is 98.3 cm³/mol. The molecule has 2 aromatic carbocycles. The average Bonchev–Trinajstić information content (AvgIpc) is 2.69. The number of methoxy groups -OCH3 is 1. The van der Waals surface area contributed by atoms with Crippen LogP contribution in [0.3, 0.4) is 0 Å². The highest BCUT2D eigenvalue weighted by atomic mass is 19.2. The molecule has 0 aromatic heterocycles. The van der Waals surface area contributed by atoms with Gasteiger partial charge >= 0.3 is 0 Å². The normalized spacial score (nSPS) is 19.9. The zero-order chi connectivity index (χ0) is 19.4. The van der Waals surface area contributed by atoms with Crippen molar-refractivity contribution in [2.24, 2.45) is 5.92 Å². The van der Waals surface area contributed by atoms with Crippen molar-refractivity contribution in [2.45, 2.75) is 51.0 Å². The Morgan fingerprint density at radius 3 is 2.37 bits per heavy atom. The summed E-state index contributed by atoms with van der Waals surface area (Å²) in [6.07, 6.45) is 4.99. The van der Waals surface area contributed by atoms with E-state index < -0.39 is 11.6 Å². The first kappa shape index (κ1) is 19.7. The first-order valence-corrected chi connectivity index (χ1v) is 9.43. The van der Waals surface area contributed by atoms with Gasteiger partial charge in [-0.15, -0.1) is 0 Å². The lowest BCUT2D eigenvalue weighted by Gasteiger charge is -2.29. The number of ether oxygens (including phenoxy) is 1. The highest BCUT2D eigenvalue weighted by Crippen LogP contribution is 2.40. The Bertz CT molecular complexity index is 783. The van der Waals surface area contributed by atoms with Crippen LogP contribution >= 0.6 is 0 Å². The van der Waals surface area contributed by atoms with Crippen LogP contribution in [0.1, 0.15) is 54.7 Å². The maximum atomic E-state index is 14.3. The van der Waals surface area contributed by atoms with Crippen LogP contribution in [0.4, 0.5) is 13.2 Å². The molecule has 146 valence electrons. The molecule has 27 heavy (non-hydrogen) atoms. The lowest BCUT2D eigenvalue weighted by molar-refractivity contribution is 0.281. The fraction of sp³-hybridized carbons (Fsp3) is 0.455. The summed E-state index contributed by atoms with van der Waals surface area (Å²) < 4.78 is 47.1. The van der Waals surface area contributed by atoms with Gasteiger partial charge in [0.15, 0.2) is 11.6 Å². The molecule has 0 bridgehead atoms. The molecule has 0 radical (unpaired) electrons. The second kappa shape index (κ2) is 8.79. The third kappa shape index (κ3) is 4.46. The molecule has 5 heteroatoms. The van der Waals surface area contributed by atoms with Gasteiger partial charge in [-0.05, 0) is 79.2 Å². The first-order valence-electron chi connectivity index (χ1n) is 9.43. The summed E-state index contributed by atoms with van der Waals surface area (Å²) in [5.41, 5.74) is 1.67. The van der Waals surface area contributed by atoms with E-state index in [0.717, 1.165) is 32.1 Å². The van der Waals surface area contributed by atoms with E-state index in [9.17, 15) is 13.2 Å². The standard InChI is InChI=1S/C22H25F3O2/c1-27-20-11-10-18(21(24)22(20)25)16-6-2-14(3-7-16)4-8-17-9-5-15(13-26)12-19(17)23/h5,9-12,14,16,26H,2-4,6-8,13H2,1H3. The van der Waals surface area contributed by atoms with E-state index in [1.165, 1.54) is 19.2 Å². The van der Waals surface area contributed by atoms with Crippen LogP contribution in [0.2, 0.25) is 0 Å². The molecular weight excluding hydrogens is 353 g/mol. The number of aryl methyl sites for hydroxylation is 1. The fourth-order valence-corrected chi connectivity index (χ4v) is 4.03. The van der Waals surface area contributed by atoms with Crippen molar-refractivity contribution in [3.63, 3.8) is 0 Å². The van der Waals surface area contributed by atoms with E-state index in [2.05, 4.69) is 0 Å². The number of rotatable bonds is 6. The Kier molecular flexibility index (Phi) is 6.42. The molecule has 0 saturated heterocycles. The molecule has 0 aliphatic heterocycles. The number of hydrogen-bond donors (Lipinski definition) is 1. The Morgan fingerprint density at radius 2 is 1.74 bits per heavy atom. The summed E-state index contributed by atoms with van der Waals surface area (Å²) in [5.74, 6) is -1.58. The molecule has 1 N–H and O–H groups in total. The predicted octanol–water partition coefficient (Wildman–Crippen LogP) is 5.51. The quantitative estimate of drug-likeness (QED) is 0.718. The first-order chi connectivity index (χ1) is 13.0. The summed E-state index contributed by atoms with van der Waals surface area (Å²) in [6.45, 7) is -0.163. The molecule has 2 aromatic rings. The van der Waals surface area contributed by atoms with Crippen LogP contribution in [0.5, 0.6) is 5.75 Å². The zero-order valence-electron chi connectivity index (χ0n) is 15.5. The lowest BCUT2D eigenvalue weighted by Crippen LogP contribution is -2.15. The van der Waals surface area contributed by atoms with E-state index in [4.69, 9.17) is 9.84 Å². The molecule has 0 atom stereocenters. The number of hydrogen-bond acceptors (Lipinski definition) is 2. The second-order valence-electron chi connectivity index (χ2n) is 7.33. The van der Waals surface area contributed by atoms with Crippen molar-refractivity contribution in [1.29, 1.82) is 0 Å². The van der Waals surface area contributed by atoms with Gasteiger partial charge in [0.2, 0.25) is 5.82 Å². The van der Waals surface area contributed by atoms with Gasteiger partial charge in [0, 0.05) is 0 Å². The van der Waals surface area contributed by atoms with Crippen LogP contribution in [0.25, 0.3) is 0 Å². The summed E-state index contributed by atoms with van der Waals surface area (Å²) in [7, 11) is 1.32. The summed E-state index contributed by atoms with van der Waals surface area (Å²) in [4.78, 5) is 0. The molecule has 0 spiro atoms.